The van der Waals surface area contributed by atoms with E-state index < -0.39 is 0 Å². The number of hydrazone groups is 1. The van der Waals surface area contributed by atoms with Gasteiger partial charge in [-0.15, -0.1) is 0 Å². The van der Waals surface area contributed by atoms with E-state index in [2.05, 4.69) is 21.0 Å². The van der Waals surface area contributed by atoms with Crippen LogP contribution >= 0.6 is 15.9 Å². The molecule has 0 radical (unpaired) electrons. The van der Waals surface area contributed by atoms with Crippen molar-refractivity contribution in [3.8, 4) is 17.2 Å². The molecule has 0 atom stereocenters. The van der Waals surface area contributed by atoms with E-state index >= 15 is 0 Å². The largest absolute Gasteiger partial charge is 0.493 e. The molecule has 0 unspecified atom stereocenters. The lowest BCUT2D eigenvalue weighted by molar-refractivity contribution is -0.114. The molecule has 4 rings (SSSR count). The van der Waals surface area contributed by atoms with Crippen LogP contribution in [0.4, 0.5) is 5.69 Å². The molecule has 0 aliphatic carbocycles. The number of para-hydroxylation sites is 2. The Morgan fingerprint density at radius 1 is 0.971 bits per heavy atom. The third kappa shape index (κ3) is 5.48. The van der Waals surface area contributed by atoms with Crippen molar-refractivity contribution in [1.29, 1.82) is 0 Å². The number of carbonyl (C=O) groups excluding carboxylic acids is 1. The predicted molar refractivity (Wildman–Crippen MR) is 138 cm³/mol. The second kappa shape index (κ2) is 11.0. The molecule has 0 spiro atoms. The molecule has 0 saturated heterocycles. The smallest absolute Gasteiger partial charge is 0.280 e. The molecule has 6 nitrogen and oxygen atoms in total. The number of carbonyl (C=O) groups is 1. The van der Waals surface area contributed by atoms with Crippen molar-refractivity contribution in [1.82, 2.24) is 0 Å². The Morgan fingerprint density at radius 2 is 1.65 bits per heavy atom. The number of rotatable bonds is 9. The molecule has 0 aromatic heterocycles. The molecular weight excluding hydrogens is 496 g/mol. The summed E-state index contributed by atoms with van der Waals surface area (Å²) in [5, 5.41) is 5.85. The maximum absolute atomic E-state index is 13.0. The van der Waals surface area contributed by atoms with Crippen molar-refractivity contribution in [3.63, 3.8) is 0 Å². The Labute approximate surface area is 207 Å². The molecule has 0 fully saturated rings. The van der Waals surface area contributed by atoms with Crippen molar-refractivity contribution in [2.24, 2.45) is 5.10 Å². The minimum Gasteiger partial charge on any atom is -0.493 e. The van der Waals surface area contributed by atoms with Gasteiger partial charge < -0.3 is 14.2 Å². The van der Waals surface area contributed by atoms with E-state index in [1.807, 2.05) is 85.8 Å². The summed E-state index contributed by atoms with van der Waals surface area (Å²) in [5.41, 5.74) is 2.72. The summed E-state index contributed by atoms with van der Waals surface area (Å²) in [4.78, 5) is 13.0. The van der Waals surface area contributed by atoms with Gasteiger partial charge in [0.1, 0.15) is 5.75 Å². The molecule has 1 heterocycles. The van der Waals surface area contributed by atoms with Crippen molar-refractivity contribution in [2.45, 2.75) is 13.3 Å². The number of halogens is 1. The van der Waals surface area contributed by atoms with Crippen LogP contribution in [0.3, 0.4) is 0 Å². The molecule has 7 heteroatoms. The summed E-state index contributed by atoms with van der Waals surface area (Å²) < 4.78 is 18.0. The van der Waals surface area contributed by atoms with Gasteiger partial charge in [0.25, 0.3) is 5.91 Å². The Hall–Kier alpha value is -3.58. The van der Waals surface area contributed by atoms with Crippen molar-refractivity contribution >= 4 is 39.3 Å². The second-order valence-electron chi connectivity index (χ2n) is 7.59. The number of anilines is 1. The summed E-state index contributed by atoms with van der Waals surface area (Å²) in [5.74, 6) is 1.85. The number of amides is 1. The predicted octanol–water partition coefficient (Wildman–Crippen LogP) is 6.11. The van der Waals surface area contributed by atoms with E-state index in [0.717, 1.165) is 27.9 Å². The minimum atomic E-state index is -0.169. The third-order valence-corrected chi connectivity index (χ3v) is 5.76. The Morgan fingerprint density at radius 3 is 2.35 bits per heavy atom. The first kappa shape index (κ1) is 23.6. The van der Waals surface area contributed by atoms with E-state index in [-0.39, 0.29) is 5.91 Å². The van der Waals surface area contributed by atoms with Crippen LogP contribution in [0.5, 0.6) is 17.2 Å². The van der Waals surface area contributed by atoms with Gasteiger partial charge in [-0.3, -0.25) is 4.79 Å². The van der Waals surface area contributed by atoms with Gasteiger partial charge in [0.2, 0.25) is 0 Å². The lowest BCUT2D eigenvalue weighted by Gasteiger charge is -2.14. The average Bonchev–Trinajstić information content (AvgIpc) is 3.14. The van der Waals surface area contributed by atoms with E-state index in [1.54, 1.807) is 7.11 Å². The van der Waals surface area contributed by atoms with Gasteiger partial charge in [0, 0.05) is 6.42 Å². The highest BCUT2D eigenvalue weighted by atomic mass is 79.9. The maximum atomic E-state index is 13.0. The van der Waals surface area contributed by atoms with Gasteiger partial charge >= 0.3 is 0 Å². The van der Waals surface area contributed by atoms with Crippen LogP contribution in [0.1, 0.15) is 18.9 Å². The number of hydrogen-bond acceptors (Lipinski definition) is 5. The fourth-order valence-electron chi connectivity index (χ4n) is 3.50. The SMILES string of the molecule is COc1cc(/C=C2/C(=O)N(c3ccccc3)N=C2C)cc(Br)c1OCCCOc1ccccc1. The van der Waals surface area contributed by atoms with Crippen LogP contribution in [0.25, 0.3) is 6.08 Å². The van der Waals surface area contributed by atoms with Gasteiger partial charge in [0.15, 0.2) is 11.5 Å². The van der Waals surface area contributed by atoms with E-state index in [1.165, 1.54) is 5.01 Å². The zero-order valence-electron chi connectivity index (χ0n) is 19.0. The molecule has 3 aromatic carbocycles. The normalized spacial score (nSPS) is 14.3. The van der Waals surface area contributed by atoms with Crippen LogP contribution in [0.15, 0.2) is 87.9 Å². The molecule has 1 aliphatic heterocycles. The topological polar surface area (TPSA) is 60.4 Å². The van der Waals surface area contributed by atoms with Gasteiger partial charge in [0.05, 0.1) is 41.8 Å². The molecule has 3 aromatic rings. The number of methoxy groups -OCH3 is 1. The first-order chi connectivity index (χ1) is 16.6. The molecule has 174 valence electrons. The van der Waals surface area contributed by atoms with Crippen molar-refractivity contribution in [2.75, 3.05) is 25.3 Å². The van der Waals surface area contributed by atoms with Gasteiger partial charge in [-0.1, -0.05) is 36.4 Å². The Bertz CT molecular complexity index is 1210. The van der Waals surface area contributed by atoms with Crippen molar-refractivity contribution < 1.29 is 19.0 Å². The minimum absolute atomic E-state index is 0.169. The van der Waals surface area contributed by atoms with E-state index in [0.29, 0.717) is 36.0 Å². The lowest BCUT2D eigenvalue weighted by Crippen LogP contribution is -2.21. The Balaban J connectivity index is 1.44. The standard InChI is InChI=1S/C27H25BrN2O4/c1-19-23(27(31)30(29-19)21-10-5-3-6-11-21)16-20-17-24(28)26(25(18-20)32-2)34-15-9-14-33-22-12-7-4-8-13-22/h3-8,10-13,16-18H,9,14-15H2,1-2H3/b23-16+. The fourth-order valence-corrected chi connectivity index (χ4v) is 4.07. The second-order valence-corrected chi connectivity index (χ2v) is 8.45. The van der Waals surface area contributed by atoms with E-state index in [9.17, 15) is 4.79 Å². The summed E-state index contributed by atoms with van der Waals surface area (Å²) in [7, 11) is 1.59. The molecule has 0 bridgehead atoms. The number of ether oxygens (including phenoxy) is 3. The summed E-state index contributed by atoms with van der Waals surface area (Å²) in [6.45, 7) is 2.85. The zero-order chi connectivity index (χ0) is 23.9. The van der Waals surface area contributed by atoms with Crippen LogP contribution in [0, 0.1) is 0 Å². The highest BCUT2D eigenvalue weighted by Crippen LogP contribution is 2.38. The number of benzene rings is 3. The molecule has 0 saturated carbocycles. The van der Waals surface area contributed by atoms with Gasteiger partial charge in [-0.25, -0.2) is 0 Å². The summed E-state index contributed by atoms with van der Waals surface area (Å²) >= 11 is 3.58. The fraction of sp³-hybridized carbons (Fsp3) is 0.185. The monoisotopic (exact) mass is 520 g/mol. The van der Waals surface area contributed by atoms with Gasteiger partial charge in [-0.2, -0.15) is 10.1 Å². The highest BCUT2D eigenvalue weighted by molar-refractivity contribution is 9.10. The van der Waals surface area contributed by atoms with Crippen LogP contribution in [-0.4, -0.2) is 31.9 Å². The van der Waals surface area contributed by atoms with Gasteiger partial charge in [-0.05, 0) is 70.9 Å². The highest BCUT2D eigenvalue weighted by Gasteiger charge is 2.28. The maximum Gasteiger partial charge on any atom is 0.280 e. The molecule has 1 aliphatic rings. The van der Waals surface area contributed by atoms with E-state index in [4.69, 9.17) is 14.2 Å². The Kier molecular flexibility index (Phi) is 7.65. The van der Waals surface area contributed by atoms with Crippen LogP contribution < -0.4 is 19.2 Å². The molecule has 0 N–H and O–H groups in total. The first-order valence-corrected chi connectivity index (χ1v) is 11.7. The number of nitrogens with zero attached hydrogens (tertiary/aromatic N) is 2. The number of hydrogen-bond donors (Lipinski definition) is 0. The van der Waals surface area contributed by atoms with Crippen LogP contribution in [0.2, 0.25) is 0 Å². The molecule has 1 amide bonds. The molecular formula is C27H25BrN2O4. The average molecular weight is 521 g/mol. The molecule has 34 heavy (non-hydrogen) atoms. The lowest BCUT2D eigenvalue weighted by atomic mass is 10.1. The van der Waals surface area contributed by atoms with Crippen molar-refractivity contribution in [3.05, 3.63) is 88.4 Å². The first-order valence-electron chi connectivity index (χ1n) is 10.9. The third-order valence-electron chi connectivity index (χ3n) is 5.17. The van der Waals surface area contributed by atoms with Crippen LogP contribution in [-0.2, 0) is 4.79 Å². The quantitative estimate of drug-likeness (QED) is 0.252. The summed E-state index contributed by atoms with van der Waals surface area (Å²) in [6, 6.07) is 22.8. The summed E-state index contributed by atoms with van der Waals surface area (Å²) in [6.07, 6.45) is 2.53. The zero-order valence-corrected chi connectivity index (χ0v) is 20.6.